The predicted octanol–water partition coefficient (Wildman–Crippen LogP) is 5.43. The summed E-state index contributed by atoms with van der Waals surface area (Å²) in [5, 5.41) is 40.4. The highest BCUT2D eigenvalue weighted by Gasteiger charge is 2.45. The second-order valence-electron chi connectivity index (χ2n) is 23.4. The first-order valence-corrected chi connectivity index (χ1v) is 30.6. The van der Waals surface area contributed by atoms with Gasteiger partial charge in [0, 0.05) is 112 Å². The summed E-state index contributed by atoms with van der Waals surface area (Å²) in [7, 11) is -4.98. The molecule has 0 spiro atoms. The largest absolute Gasteiger partial charge is 0.507 e. The number of nitrogens with one attached hydrogen (secondary N) is 2. The number of hydrogen-bond donors (Lipinski definition) is 7. The maximum Gasteiger partial charge on any atom is 0.355 e. The predicted molar refractivity (Wildman–Crippen MR) is 320 cm³/mol. The number of carbonyl (C=O) groups excluding carboxylic acids is 6. The van der Waals surface area contributed by atoms with Gasteiger partial charge < -0.3 is 73.5 Å². The molecule has 4 aromatic rings. The third-order valence-electron chi connectivity index (χ3n) is 16.3. The molecule has 0 saturated carbocycles. The highest BCUT2D eigenvalue weighted by molar-refractivity contribution is 7.53. The van der Waals surface area contributed by atoms with E-state index < -0.39 is 138 Å². The molecule has 25 nitrogen and oxygen atoms in total. The Morgan fingerprint density at radius 3 is 2.22 bits per heavy atom. The fraction of sp³-hybridized carbons (Fsp3) is 0.525. The summed E-state index contributed by atoms with van der Waals surface area (Å²) in [6, 6.07) is 3.09. The molecule has 10 atom stereocenters. The van der Waals surface area contributed by atoms with Crippen LogP contribution in [0, 0.1) is 42.4 Å². The normalized spacial score (nSPS) is 25.9. The van der Waals surface area contributed by atoms with Crippen LogP contribution < -0.4 is 36.3 Å². The molecular weight excluding hydrogens is 1150 g/mol. The molecule has 1 saturated heterocycles. The molecule has 87 heavy (non-hydrogen) atoms. The number of aliphatic hydroxyl groups is 2. The maximum atomic E-state index is 15.1. The molecule has 3 aromatic carbocycles. The average molecular weight is 1230 g/mol. The van der Waals surface area contributed by atoms with Crippen molar-refractivity contribution < 1.29 is 86.5 Å². The zero-order valence-corrected chi connectivity index (χ0v) is 51.5. The fourth-order valence-corrected chi connectivity index (χ4v) is 11.6. The molecule has 4 aliphatic heterocycles. The molecular formula is C61H78N5O20P. The number of allylic oxidation sites excluding steroid dienone is 3. The van der Waals surface area contributed by atoms with E-state index in [1.54, 1.807) is 52.8 Å². The van der Waals surface area contributed by atoms with Crippen LogP contribution >= 0.6 is 7.60 Å². The molecule has 5 heterocycles. The zero-order valence-electron chi connectivity index (χ0n) is 50.6. The highest BCUT2D eigenvalue weighted by Crippen LogP contribution is 2.43. The minimum Gasteiger partial charge on any atom is -0.507 e. The minimum absolute atomic E-state index is 0.0144. The number of phenolic OH excluding ortho intramolecular Hbond substituents is 1. The second-order valence-corrected chi connectivity index (χ2v) is 25.1. The standard InChI is InChI=1S/C61H78N5O20P/c1-30(2)28-65-20-22-66(23-21-65)39-26-40(69)49-41(27-39)84-58-50(63-49)46-47-53(74)37(9)57-48(46)59(76)61(11,86-57)82-25-19-31(3)34(6)56(83-38(10)68)36(8)52(73)35(7)55(32(4)14-12-15-33(5)60(77)64-51(58)54(47)75)85-45(72)16-13-24-81-44(71)18-17-42(70)62-43(29-67)87(78,79)80/h12,14-15,19,25-27,29-32,34-36,43,52,55-56,73-74,76H,13,16-18,20-24,28H2,1-11H3,(H,62,70)(H,64,77)(H2,78,79,80)/b14-12+,25-19+,33-15-/t31-,32-,34+,35-,36+,43?,52+,55-,56+,61-/m0/s1. The number of aromatic nitrogens is 1. The van der Waals surface area contributed by atoms with Crippen LogP contribution in [0.25, 0.3) is 38.7 Å². The number of phenols is 1. The van der Waals surface area contributed by atoms with Gasteiger partial charge in [-0.15, -0.1) is 0 Å². The fourth-order valence-electron chi connectivity index (χ4n) is 11.2. The number of benzene rings is 3. The van der Waals surface area contributed by atoms with Crippen molar-refractivity contribution in [2.45, 2.75) is 132 Å². The molecule has 8 rings (SSSR count). The number of ether oxygens (including phenoxy) is 5. The molecule has 0 radical (unpaired) electrons. The number of amides is 2. The highest BCUT2D eigenvalue weighted by atomic mass is 31.2. The number of carbonyl (C=O) groups is 6. The van der Waals surface area contributed by atoms with Crippen molar-refractivity contribution in [3.8, 4) is 11.5 Å². The lowest BCUT2D eigenvalue weighted by atomic mass is 9.77. The molecule has 1 unspecified atom stereocenters. The van der Waals surface area contributed by atoms with Crippen LogP contribution in [0.1, 0.15) is 100 Å². The summed E-state index contributed by atoms with van der Waals surface area (Å²) in [5.74, 6) is -12.4. The number of aromatic hydroxyl groups is 1. The quantitative estimate of drug-likeness (QED) is 0.0148. The Bertz CT molecular complexity index is 3660. The van der Waals surface area contributed by atoms with Crippen LogP contribution in [0.5, 0.6) is 11.5 Å². The Morgan fingerprint density at radius 2 is 1.57 bits per heavy atom. The van der Waals surface area contributed by atoms with Crippen molar-refractivity contribution in [3.05, 3.63) is 79.5 Å². The van der Waals surface area contributed by atoms with E-state index in [1.165, 1.54) is 52.2 Å². The van der Waals surface area contributed by atoms with Crippen molar-refractivity contribution in [1.82, 2.24) is 15.2 Å². The lowest BCUT2D eigenvalue weighted by Crippen LogP contribution is -2.47. The van der Waals surface area contributed by atoms with Gasteiger partial charge in [0.1, 0.15) is 34.9 Å². The molecule has 2 amide bonds. The van der Waals surface area contributed by atoms with Gasteiger partial charge >= 0.3 is 31.3 Å². The zero-order chi connectivity index (χ0) is 64.1. The number of aliphatic hydroxyl groups excluding tert-OH is 2. The van der Waals surface area contributed by atoms with E-state index in [-0.39, 0.29) is 80.8 Å². The lowest BCUT2D eigenvalue weighted by molar-refractivity contribution is -0.164. The van der Waals surface area contributed by atoms with Gasteiger partial charge in [-0.2, -0.15) is 0 Å². The van der Waals surface area contributed by atoms with Gasteiger partial charge in [0.25, 0.3) is 5.91 Å². The average Bonchev–Trinajstić information content (AvgIpc) is 1.69. The Kier molecular flexibility index (Phi) is 21.2. The third-order valence-corrected chi connectivity index (χ3v) is 17.3. The number of hydrogen-bond acceptors (Lipinski definition) is 21. The van der Waals surface area contributed by atoms with Crippen LogP contribution in [-0.2, 0) is 52.3 Å². The van der Waals surface area contributed by atoms with Gasteiger partial charge in [-0.25, -0.2) is 4.98 Å². The smallest absolute Gasteiger partial charge is 0.355 e. The summed E-state index contributed by atoms with van der Waals surface area (Å²) >= 11 is 0. The second kappa shape index (κ2) is 27.6. The Labute approximate surface area is 501 Å². The number of piperazine rings is 1. The molecule has 1 aromatic heterocycles. The first kappa shape index (κ1) is 66.8. The molecule has 5 bridgehead atoms. The Morgan fingerprint density at radius 1 is 0.897 bits per heavy atom. The van der Waals surface area contributed by atoms with E-state index in [2.05, 4.69) is 24.1 Å². The van der Waals surface area contributed by atoms with E-state index in [9.17, 15) is 63.2 Å². The van der Waals surface area contributed by atoms with Gasteiger partial charge in [0.2, 0.25) is 16.8 Å². The lowest BCUT2D eigenvalue weighted by Gasteiger charge is -2.38. The molecule has 0 aliphatic carbocycles. The van der Waals surface area contributed by atoms with Crippen LogP contribution in [-0.4, -0.2) is 140 Å². The monoisotopic (exact) mass is 1230 g/mol. The summed E-state index contributed by atoms with van der Waals surface area (Å²) in [6.45, 7) is 21.8. The Hall–Kier alpha value is -7.70. The number of aldehydes is 1. The van der Waals surface area contributed by atoms with Crippen molar-refractivity contribution in [3.63, 3.8) is 0 Å². The van der Waals surface area contributed by atoms with Crippen LogP contribution in [0.2, 0.25) is 0 Å². The molecule has 1 fully saturated rings. The van der Waals surface area contributed by atoms with Crippen LogP contribution in [0.3, 0.4) is 0 Å². The van der Waals surface area contributed by atoms with Gasteiger partial charge in [-0.3, -0.25) is 43.0 Å². The van der Waals surface area contributed by atoms with Gasteiger partial charge in [0.15, 0.2) is 34.5 Å². The van der Waals surface area contributed by atoms with Gasteiger partial charge in [0.05, 0.1) is 36.0 Å². The number of fused-ring (bicyclic) bond motifs is 14. The van der Waals surface area contributed by atoms with Crippen molar-refractivity contribution in [2.24, 2.45) is 35.5 Å². The topological polar surface area (TPSA) is 358 Å². The summed E-state index contributed by atoms with van der Waals surface area (Å²) in [4.78, 5) is 133. The number of rotatable bonds is 15. The SMILES string of the molecule is CC(=O)O[C@H]1[C@H](C)[C@H](O)[C@H](C)[C@@H](OC(=O)CCCOC(=O)CCC(=O)NC(C=O)P(=O)(O)O)[C@@H](C)/C=C/C=C(/C)C(=O)Nc2c(=O)c3c(O)c(C)c4c(c3c3nc5c(=O)cc(N6CCN(CC(C)C)CC6)cc5oc23)=C(O)[C@@](C)(O/C=C/[C@H](C)[C@H]1C)O4. The van der Waals surface area contributed by atoms with E-state index in [1.807, 2.05) is 10.2 Å². The van der Waals surface area contributed by atoms with E-state index >= 15 is 4.79 Å². The summed E-state index contributed by atoms with van der Waals surface area (Å²) in [5.41, 5.74) is -1.93. The van der Waals surface area contributed by atoms with Gasteiger partial charge in [-0.05, 0) is 44.1 Å². The number of nitrogens with zero attached hydrogens (tertiary/aromatic N) is 3. The molecule has 26 heteroatoms. The van der Waals surface area contributed by atoms with E-state index in [0.717, 1.165) is 19.6 Å². The minimum atomic E-state index is -4.98. The Balaban J connectivity index is 1.27. The molecule has 7 N–H and O–H groups in total. The number of esters is 3. The summed E-state index contributed by atoms with van der Waals surface area (Å²) in [6.07, 6.45) is 2.54. The van der Waals surface area contributed by atoms with E-state index in [4.69, 9.17) is 33.1 Å². The van der Waals surface area contributed by atoms with Crippen LogP contribution in [0.4, 0.5) is 11.4 Å². The number of anilines is 2. The maximum absolute atomic E-state index is 15.1. The summed E-state index contributed by atoms with van der Waals surface area (Å²) < 4.78 is 47.6. The molecule has 472 valence electrons. The molecule has 4 aliphatic rings. The first-order valence-electron chi connectivity index (χ1n) is 28.9. The van der Waals surface area contributed by atoms with Crippen LogP contribution in [0.15, 0.2) is 62.3 Å². The van der Waals surface area contributed by atoms with Gasteiger partial charge in [-0.1, -0.05) is 66.7 Å². The van der Waals surface area contributed by atoms with Crippen molar-refractivity contribution >= 4 is 93.7 Å². The third kappa shape index (κ3) is 15.0. The van der Waals surface area contributed by atoms with Crippen molar-refractivity contribution in [2.75, 3.05) is 49.5 Å². The van der Waals surface area contributed by atoms with Crippen molar-refractivity contribution in [1.29, 1.82) is 0 Å². The van der Waals surface area contributed by atoms with E-state index in [0.29, 0.717) is 24.7 Å². The first-order chi connectivity index (χ1) is 40.9.